The molecule has 0 rings (SSSR count). The van der Waals surface area contributed by atoms with Crippen molar-refractivity contribution in [2.75, 3.05) is 6.61 Å². The van der Waals surface area contributed by atoms with Crippen molar-refractivity contribution in [1.29, 1.82) is 0 Å². The maximum Gasteiger partial charge on any atom is 0.0402 e. The van der Waals surface area contributed by atoms with Crippen LogP contribution in [0.15, 0.2) is 0 Å². The van der Waals surface area contributed by atoms with Crippen LogP contribution >= 0.6 is 37.2 Å². The lowest BCUT2D eigenvalue weighted by Gasteiger charge is -1.52. The smallest absolute Gasteiger partial charge is 0.0402 e. The van der Waals surface area contributed by atoms with Crippen LogP contribution in [0.5, 0.6) is 0 Å². The van der Waals surface area contributed by atoms with E-state index < -0.39 is 0 Å². The number of aliphatic hydroxyl groups is 1. The molecule has 0 aliphatic carbocycles. The average molecular weight is 300 g/mol. The van der Waals surface area contributed by atoms with Crippen LogP contribution in [0.1, 0.15) is 6.92 Å². The van der Waals surface area contributed by atoms with Gasteiger partial charge < -0.3 is 5.11 Å². The van der Waals surface area contributed by atoms with Crippen molar-refractivity contribution in [2.45, 2.75) is 6.92 Å². The molecule has 1 nitrogen and oxygen atoms in total. The van der Waals surface area contributed by atoms with Gasteiger partial charge in [0.05, 0.1) is 0 Å². The predicted molar refractivity (Wildman–Crippen MR) is 40.8 cm³/mol. The van der Waals surface area contributed by atoms with Crippen LogP contribution in [0, 0.1) is 0 Å². The minimum absolute atomic E-state index is 0.250. The molecular weight excluding hydrogens is 294 g/mol. The fourth-order valence-electron chi connectivity index (χ4n) is 0. The minimum atomic E-state index is 0.250. The van der Waals surface area contributed by atoms with E-state index in [0.717, 1.165) is 0 Å². The standard InChI is InChI=1S/C2H6O.I2/c1-2-3;1-2/h3H,2H2,1H3;. The molecule has 0 saturated carbocycles. The van der Waals surface area contributed by atoms with E-state index >= 15 is 0 Å². The molecule has 1 N–H and O–H groups in total. The average Bonchev–Trinajstić information content (AvgIpc) is 1.46. The van der Waals surface area contributed by atoms with Crippen molar-refractivity contribution in [3.8, 4) is 0 Å². The fraction of sp³-hybridized carbons (Fsp3) is 1.00. The molecule has 0 bridgehead atoms. The molecule has 0 aliphatic rings. The topological polar surface area (TPSA) is 20.2 Å². The third-order valence-electron chi connectivity index (χ3n) is 0. The van der Waals surface area contributed by atoms with Crippen LogP contribution in [-0.2, 0) is 0 Å². The van der Waals surface area contributed by atoms with Gasteiger partial charge in [-0.05, 0) is 6.92 Å². The SMILES string of the molecule is CCO.II. The zero-order chi connectivity index (χ0) is 4.71. The summed E-state index contributed by atoms with van der Waals surface area (Å²) in [5.41, 5.74) is 0. The summed E-state index contributed by atoms with van der Waals surface area (Å²) in [7, 11) is 0. The molecule has 3 heteroatoms. The Kier molecular flexibility index (Phi) is 34.9. The van der Waals surface area contributed by atoms with Crippen LogP contribution in [0.3, 0.4) is 0 Å². The van der Waals surface area contributed by atoms with E-state index in [0.29, 0.717) is 0 Å². The van der Waals surface area contributed by atoms with E-state index in [2.05, 4.69) is 37.2 Å². The van der Waals surface area contributed by atoms with Crippen molar-refractivity contribution >= 4 is 37.2 Å². The molecule has 5 heavy (non-hydrogen) atoms. The van der Waals surface area contributed by atoms with Gasteiger partial charge in [-0.1, -0.05) is 0 Å². The van der Waals surface area contributed by atoms with Gasteiger partial charge in [-0.2, -0.15) is 0 Å². The molecule has 0 aliphatic heterocycles. The molecule has 0 saturated heterocycles. The normalized spacial score (nSPS) is 4.80. The van der Waals surface area contributed by atoms with E-state index in [9.17, 15) is 0 Å². The Bertz CT molecular complexity index is 7.61. The van der Waals surface area contributed by atoms with Gasteiger partial charge in [-0.15, -0.1) is 0 Å². The molecule has 0 unspecified atom stereocenters. The number of hydrogen-bond donors (Lipinski definition) is 1. The number of hydrogen-bond acceptors (Lipinski definition) is 1. The van der Waals surface area contributed by atoms with Gasteiger partial charge in [-0.3, -0.25) is 0 Å². The lowest BCUT2D eigenvalue weighted by molar-refractivity contribution is 0.318. The first-order valence-electron chi connectivity index (χ1n) is 1.17. The summed E-state index contributed by atoms with van der Waals surface area (Å²) < 4.78 is 0. The summed E-state index contributed by atoms with van der Waals surface area (Å²) in [4.78, 5) is 0. The first kappa shape index (κ1) is 9.65. The van der Waals surface area contributed by atoms with Gasteiger partial charge in [-0.25, -0.2) is 0 Å². The first-order valence-corrected chi connectivity index (χ1v) is 7.45. The van der Waals surface area contributed by atoms with Crippen LogP contribution < -0.4 is 0 Å². The second-order valence-electron chi connectivity index (χ2n) is 0.316. The minimum Gasteiger partial charge on any atom is -0.397 e. The molecule has 0 spiro atoms. The van der Waals surface area contributed by atoms with E-state index in [4.69, 9.17) is 5.11 Å². The fourth-order valence-corrected chi connectivity index (χ4v) is 0. The summed E-state index contributed by atoms with van der Waals surface area (Å²) in [6, 6.07) is 0. The number of aliphatic hydroxyl groups excluding tert-OH is 1. The molecule has 0 atom stereocenters. The van der Waals surface area contributed by atoms with Crippen LogP contribution in [-0.4, -0.2) is 11.7 Å². The van der Waals surface area contributed by atoms with Gasteiger partial charge in [0.1, 0.15) is 0 Å². The van der Waals surface area contributed by atoms with Gasteiger partial charge >= 0.3 is 0 Å². The quantitative estimate of drug-likeness (QED) is 0.676. The molecule has 0 heterocycles. The van der Waals surface area contributed by atoms with Crippen molar-refractivity contribution in [3.05, 3.63) is 0 Å². The summed E-state index contributed by atoms with van der Waals surface area (Å²) in [6.07, 6.45) is 0. The molecule has 0 fully saturated rings. The molecule has 0 amide bonds. The largest absolute Gasteiger partial charge is 0.397 e. The maximum absolute atomic E-state index is 7.57. The van der Waals surface area contributed by atoms with E-state index in [1.165, 1.54) is 0 Å². The summed E-state index contributed by atoms with van der Waals surface area (Å²) in [6.45, 7) is 1.93. The number of rotatable bonds is 0. The Labute approximate surface area is 55.5 Å². The van der Waals surface area contributed by atoms with Crippen LogP contribution in [0.25, 0.3) is 0 Å². The van der Waals surface area contributed by atoms with Crippen LogP contribution in [0.4, 0.5) is 0 Å². The maximum atomic E-state index is 7.57. The highest BCUT2D eigenvalue weighted by Gasteiger charge is 1.34. The molecular formula is C2H6I2O. The summed E-state index contributed by atoms with van der Waals surface area (Å²) in [5, 5.41) is 7.57. The Morgan fingerprint density at radius 1 is 1.60 bits per heavy atom. The highest BCUT2D eigenvalue weighted by Crippen LogP contribution is 1.89. The van der Waals surface area contributed by atoms with Gasteiger partial charge in [0, 0.05) is 43.8 Å². The van der Waals surface area contributed by atoms with Gasteiger partial charge in [0.2, 0.25) is 0 Å². The third kappa shape index (κ3) is 31.4. The van der Waals surface area contributed by atoms with Crippen molar-refractivity contribution in [3.63, 3.8) is 0 Å². The second-order valence-corrected chi connectivity index (χ2v) is 0.316. The monoisotopic (exact) mass is 300 g/mol. The predicted octanol–water partition coefficient (Wildman–Crippen LogP) is 1.77. The molecule has 0 aromatic rings. The zero-order valence-electron chi connectivity index (χ0n) is 2.91. The van der Waals surface area contributed by atoms with E-state index in [1.807, 2.05) is 0 Å². The lowest BCUT2D eigenvalue weighted by Crippen LogP contribution is -1.57. The first-order chi connectivity index (χ1) is 2.41. The van der Waals surface area contributed by atoms with E-state index in [-0.39, 0.29) is 6.61 Å². The highest BCUT2D eigenvalue weighted by atomic mass is 128. The van der Waals surface area contributed by atoms with Crippen molar-refractivity contribution in [1.82, 2.24) is 0 Å². The Balaban J connectivity index is 0. The van der Waals surface area contributed by atoms with Crippen molar-refractivity contribution < 1.29 is 5.11 Å². The van der Waals surface area contributed by atoms with Crippen molar-refractivity contribution in [2.24, 2.45) is 0 Å². The Morgan fingerprint density at radius 3 is 1.60 bits per heavy atom. The molecule has 0 aromatic carbocycles. The molecule has 34 valence electrons. The molecule has 0 radical (unpaired) electrons. The third-order valence-corrected chi connectivity index (χ3v) is 0. The Hall–Kier alpha value is 1.42. The van der Waals surface area contributed by atoms with Gasteiger partial charge in [0.25, 0.3) is 0 Å². The van der Waals surface area contributed by atoms with Crippen LogP contribution in [0.2, 0.25) is 0 Å². The second kappa shape index (κ2) is 18.1. The summed E-state index contributed by atoms with van der Waals surface area (Å²) in [5.74, 6) is 0. The van der Waals surface area contributed by atoms with E-state index in [1.54, 1.807) is 6.92 Å². The lowest BCUT2D eigenvalue weighted by atomic mass is 10.9. The van der Waals surface area contributed by atoms with Gasteiger partial charge in [0.15, 0.2) is 0 Å². The number of halogens is 2. The Morgan fingerprint density at radius 2 is 1.60 bits per heavy atom. The zero-order valence-corrected chi connectivity index (χ0v) is 7.23. The highest BCUT2D eigenvalue weighted by molar-refractivity contribution is 15.0. The summed E-state index contributed by atoms with van der Waals surface area (Å²) >= 11 is 4.24. The molecule has 0 aromatic heterocycles.